The highest BCUT2D eigenvalue weighted by molar-refractivity contribution is 6.57. The van der Waals surface area contributed by atoms with Crippen molar-refractivity contribution in [3.63, 3.8) is 0 Å². The van der Waals surface area contributed by atoms with Crippen molar-refractivity contribution in [3.05, 3.63) is 25.1 Å². The van der Waals surface area contributed by atoms with Crippen LogP contribution in [-0.2, 0) is 0 Å². The van der Waals surface area contributed by atoms with Crippen LogP contribution in [0.25, 0.3) is 0 Å². The number of benzene rings is 1. The summed E-state index contributed by atoms with van der Waals surface area (Å²) in [6.45, 7) is 8.70. The molecule has 0 saturated heterocycles. The van der Waals surface area contributed by atoms with Crippen molar-refractivity contribution >= 4 is 72.5 Å². The Bertz CT molecular complexity index is 466. The van der Waals surface area contributed by atoms with Crippen molar-refractivity contribution in [1.29, 1.82) is 0 Å². The Balaban J connectivity index is 3.14. The van der Waals surface area contributed by atoms with Crippen LogP contribution in [0, 0.1) is 11.8 Å². The lowest BCUT2D eigenvalue weighted by Crippen LogP contribution is -2.25. The van der Waals surface area contributed by atoms with Gasteiger partial charge in [-0.3, -0.25) is 0 Å². The van der Waals surface area contributed by atoms with E-state index in [1.807, 2.05) is 0 Å². The van der Waals surface area contributed by atoms with Crippen LogP contribution < -0.4 is 3.79 Å². The minimum atomic E-state index is -1.52. The highest BCUT2D eigenvalue weighted by Crippen LogP contribution is 2.48. The maximum atomic E-state index is 6.23. The number of hydrogen-bond acceptors (Lipinski definition) is 1. The summed E-state index contributed by atoms with van der Waals surface area (Å²) < 4.78 is 6.16. The van der Waals surface area contributed by atoms with Gasteiger partial charge >= 0.3 is 14.5 Å². The summed E-state index contributed by atoms with van der Waals surface area (Å²) in [5.41, 5.74) is 0. The number of hydrogen-bond donors (Lipinski definition) is 0. The van der Waals surface area contributed by atoms with Gasteiger partial charge in [-0.1, -0.05) is 108 Å². The van der Waals surface area contributed by atoms with E-state index in [4.69, 9.17) is 61.8 Å². The van der Waals surface area contributed by atoms with Gasteiger partial charge in [-0.05, 0) is 0 Å². The van der Waals surface area contributed by atoms with Gasteiger partial charge in [0, 0.05) is 0 Å². The highest BCUT2D eigenvalue weighted by Gasteiger charge is 2.29. The van der Waals surface area contributed by atoms with E-state index in [0.717, 1.165) is 10.6 Å². The monoisotopic (exact) mass is 404 g/mol. The molecule has 0 aliphatic heterocycles. The summed E-state index contributed by atoms with van der Waals surface area (Å²) in [6.07, 6.45) is 0. The summed E-state index contributed by atoms with van der Waals surface area (Å²) in [5.74, 6) is 1.48. The fourth-order valence-electron chi connectivity index (χ4n) is 2.10. The molecule has 0 N–H and O–H groups in total. The molecule has 21 heavy (non-hydrogen) atoms. The van der Waals surface area contributed by atoms with E-state index in [1.54, 1.807) is 0 Å². The summed E-state index contributed by atoms with van der Waals surface area (Å²) >= 11 is 29.1. The Labute approximate surface area is 156 Å². The van der Waals surface area contributed by atoms with Crippen LogP contribution in [0.15, 0.2) is 0 Å². The Morgan fingerprint density at radius 3 is 1.38 bits per heavy atom. The number of rotatable bonds is 6. The molecule has 1 nitrogen and oxygen atoms in total. The van der Waals surface area contributed by atoms with Crippen molar-refractivity contribution in [1.82, 2.24) is 0 Å². The highest BCUT2D eigenvalue weighted by atomic mass is 35.5. The van der Waals surface area contributed by atoms with Gasteiger partial charge in [-0.2, -0.15) is 0 Å². The first-order valence-electron chi connectivity index (χ1n) is 6.83. The largest absolute Gasteiger partial charge is 0.640 e. The van der Waals surface area contributed by atoms with Gasteiger partial charge in [0.1, 0.15) is 15.8 Å². The minimum Gasteiger partial charge on any atom is -0.640 e. The van der Waals surface area contributed by atoms with Gasteiger partial charge in [0.25, 0.3) is 0 Å². The molecule has 1 rings (SSSR count). The lowest BCUT2D eigenvalue weighted by Gasteiger charge is -2.21. The van der Waals surface area contributed by atoms with Crippen LogP contribution in [-0.4, -0.2) is 14.5 Å². The molecular weight excluding hydrogens is 388 g/mol. The van der Waals surface area contributed by atoms with Crippen LogP contribution >= 0.6 is 58.0 Å². The Morgan fingerprint density at radius 2 is 1.05 bits per heavy atom. The molecule has 1 aromatic carbocycles. The van der Waals surface area contributed by atoms with Gasteiger partial charge in [0.15, 0.2) is 0 Å². The molecule has 0 unspecified atom stereocenters. The zero-order chi connectivity index (χ0) is 16.3. The Kier molecular flexibility index (Phi) is 8.35. The van der Waals surface area contributed by atoms with E-state index in [-0.39, 0.29) is 25.1 Å². The zero-order valence-electron chi connectivity index (χ0n) is 12.4. The van der Waals surface area contributed by atoms with Gasteiger partial charge in [-0.25, -0.2) is 0 Å². The third-order valence-electron chi connectivity index (χ3n) is 2.92. The van der Waals surface area contributed by atoms with E-state index in [1.165, 1.54) is 0 Å². The zero-order valence-corrected chi connectivity index (χ0v) is 17.4. The second kappa shape index (κ2) is 8.74. The molecule has 0 aliphatic carbocycles. The summed E-state index contributed by atoms with van der Waals surface area (Å²) in [6, 6.07) is 0. The van der Waals surface area contributed by atoms with Gasteiger partial charge in [0.05, 0.1) is 15.1 Å². The SMILES string of the molecule is CC(C)[CH2][Al]([CH2]C(C)C)[O]c1c(Cl)c(Cl)c(Cl)c(Cl)c1Cl. The van der Waals surface area contributed by atoms with Crippen molar-refractivity contribution in [2.75, 3.05) is 0 Å². The van der Waals surface area contributed by atoms with Crippen LogP contribution in [0.3, 0.4) is 0 Å². The smallest absolute Gasteiger partial charge is 0.547 e. The van der Waals surface area contributed by atoms with Crippen LogP contribution in [0.2, 0.25) is 35.7 Å². The second-order valence-electron chi connectivity index (χ2n) is 5.90. The molecule has 0 aliphatic rings. The van der Waals surface area contributed by atoms with Crippen molar-refractivity contribution in [3.8, 4) is 5.75 Å². The lowest BCUT2D eigenvalue weighted by molar-refractivity contribution is 0.527. The minimum absolute atomic E-state index is 0.159. The average Bonchev–Trinajstić information content (AvgIpc) is 2.37. The second-order valence-corrected chi connectivity index (χ2v) is 10.2. The van der Waals surface area contributed by atoms with Crippen molar-refractivity contribution in [2.24, 2.45) is 11.8 Å². The van der Waals surface area contributed by atoms with Crippen LogP contribution in [0.5, 0.6) is 5.75 Å². The molecule has 0 fully saturated rings. The predicted octanol–water partition coefficient (Wildman–Crippen LogP) is 7.64. The van der Waals surface area contributed by atoms with E-state index >= 15 is 0 Å². The fourth-order valence-corrected chi connectivity index (χ4v) is 6.52. The molecule has 0 heterocycles. The lowest BCUT2D eigenvalue weighted by atomic mass is 10.3. The molecule has 1 aromatic rings. The first kappa shape index (κ1) is 20.0. The summed E-state index contributed by atoms with van der Waals surface area (Å²) in [7, 11) is 0. The molecule has 0 atom stereocenters. The maximum Gasteiger partial charge on any atom is 0.547 e. The van der Waals surface area contributed by atoms with Crippen LogP contribution in [0.1, 0.15) is 27.7 Å². The third-order valence-corrected chi connectivity index (χ3v) is 8.67. The topological polar surface area (TPSA) is 9.23 Å². The molecule has 0 amide bonds. The summed E-state index contributed by atoms with van der Waals surface area (Å²) in [4.78, 5) is 0. The fraction of sp³-hybridized carbons (Fsp3) is 0.571. The van der Waals surface area contributed by atoms with Gasteiger partial charge in [-0.15, -0.1) is 0 Å². The average molecular weight is 407 g/mol. The van der Waals surface area contributed by atoms with Crippen LogP contribution in [0.4, 0.5) is 0 Å². The number of halogens is 5. The molecular formula is C14H18AlCl5O. The Hall–Kier alpha value is 1.00. The Morgan fingerprint density at radius 1 is 0.714 bits per heavy atom. The van der Waals surface area contributed by atoms with E-state index < -0.39 is 14.5 Å². The molecule has 7 heteroatoms. The quantitative estimate of drug-likeness (QED) is 0.268. The standard InChI is InChI=1S/C6HCl5O.2C4H9.Al/c7-1-2(8)4(10)6(12)5(11)3(1)9;2*1-4(2)3;/h12H;2*4H,1H2,2-3H3;/q;;;+1/p-1. The van der Waals surface area contributed by atoms with E-state index in [0.29, 0.717) is 17.6 Å². The summed E-state index contributed by atoms with van der Waals surface area (Å²) in [5, 5.41) is 3.06. The molecule has 0 bridgehead atoms. The van der Waals surface area contributed by atoms with Gasteiger partial charge < -0.3 is 3.79 Å². The van der Waals surface area contributed by atoms with Crippen molar-refractivity contribution in [2.45, 2.75) is 38.3 Å². The molecule has 118 valence electrons. The van der Waals surface area contributed by atoms with Crippen molar-refractivity contribution < 1.29 is 3.79 Å². The molecule has 0 saturated carbocycles. The van der Waals surface area contributed by atoms with E-state index in [9.17, 15) is 0 Å². The molecule has 0 radical (unpaired) electrons. The van der Waals surface area contributed by atoms with E-state index in [2.05, 4.69) is 27.7 Å². The molecule has 0 spiro atoms. The maximum absolute atomic E-state index is 6.23. The predicted molar refractivity (Wildman–Crippen MR) is 97.2 cm³/mol. The molecule has 0 aromatic heterocycles. The normalized spacial score (nSPS) is 11.4. The first-order valence-corrected chi connectivity index (χ1v) is 10.8. The van der Waals surface area contributed by atoms with Gasteiger partial charge in [0.2, 0.25) is 0 Å². The third kappa shape index (κ3) is 5.54. The first-order chi connectivity index (χ1) is 9.65.